The zero-order chi connectivity index (χ0) is 14.8. The summed E-state index contributed by atoms with van der Waals surface area (Å²) < 4.78 is 26.0. The summed E-state index contributed by atoms with van der Waals surface area (Å²) in [6, 6.07) is 1.33. The van der Waals surface area contributed by atoms with E-state index in [4.69, 9.17) is 17.4 Å². The third-order valence-electron chi connectivity index (χ3n) is 2.36. The SMILES string of the molecule is CN(CC(C)(C)C)S(=O)(=O)c1cnc(NN)c(Cl)c1. The number of nitrogens with two attached hydrogens (primary N) is 1. The fourth-order valence-electron chi connectivity index (χ4n) is 1.60. The number of nitrogens with zero attached hydrogens (tertiary/aromatic N) is 2. The van der Waals surface area contributed by atoms with E-state index in [0.29, 0.717) is 6.54 Å². The van der Waals surface area contributed by atoms with Gasteiger partial charge in [-0.05, 0) is 11.5 Å². The molecule has 0 saturated carbocycles. The largest absolute Gasteiger partial charge is 0.307 e. The quantitative estimate of drug-likeness (QED) is 0.653. The summed E-state index contributed by atoms with van der Waals surface area (Å²) >= 11 is 5.89. The summed E-state index contributed by atoms with van der Waals surface area (Å²) in [5.41, 5.74) is 2.15. The molecule has 8 heteroatoms. The number of hydrogen-bond acceptors (Lipinski definition) is 5. The highest BCUT2D eigenvalue weighted by molar-refractivity contribution is 7.89. The van der Waals surface area contributed by atoms with Gasteiger partial charge in [0, 0.05) is 19.8 Å². The van der Waals surface area contributed by atoms with Crippen LogP contribution in [0.1, 0.15) is 20.8 Å². The van der Waals surface area contributed by atoms with Gasteiger partial charge in [0.15, 0.2) is 5.82 Å². The van der Waals surface area contributed by atoms with Gasteiger partial charge >= 0.3 is 0 Å². The number of pyridine rings is 1. The number of sulfonamides is 1. The standard InChI is InChI=1S/C11H19ClN4O2S/c1-11(2,3)7-16(4)19(17,18)8-5-9(12)10(15-13)14-6-8/h5-6H,7,13H2,1-4H3,(H,14,15). The Morgan fingerprint density at radius 2 is 2.05 bits per heavy atom. The van der Waals surface area contributed by atoms with Gasteiger partial charge < -0.3 is 5.43 Å². The summed E-state index contributed by atoms with van der Waals surface area (Å²) in [6.07, 6.45) is 1.23. The van der Waals surface area contributed by atoms with Gasteiger partial charge in [-0.15, -0.1) is 0 Å². The number of hydrazine groups is 1. The molecule has 3 N–H and O–H groups in total. The van der Waals surface area contributed by atoms with E-state index in [1.165, 1.54) is 23.6 Å². The number of nitrogen functional groups attached to an aromatic ring is 1. The normalized spacial score (nSPS) is 12.8. The molecule has 0 unspecified atom stereocenters. The number of hydrogen-bond donors (Lipinski definition) is 2. The number of halogens is 1. The highest BCUT2D eigenvalue weighted by Crippen LogP contribution is 2.25. The van der Waals surface area contributed by atoms with Gasteiger partial charge in [-0.2, -0.15) is 0 Å². The summed E-state index contributed by atoms with van der Waals surface area (Å²) in [4.78, 5) is 3.91. The van der Waals surface area contributed by atoms with Crippen molar-refractivity contribution in [3.05, 3.63) is 17.3 Å². The van der Waals surface area contributed by atoms with E-state index >= 15 is 0 Å². The van der Waals surface area contributed by atoms with Gasteiger partial charge in [-0.1, -0.05) is 32.4 Å². The molecule has 0 aliphatic carbocycles. The maximum atomic E-state index is 12.3. The Labute approximate surface area is 119 Å². The molecule has 1 heterocycles. The molecule has 0 radical (unpaired) electrons. The smallest absolute Gasteiger partial charge is 0.244 e. The summed E-state index contributed by atoms with van der Waals surface area (Å²) in [6.45, 7) is 6.28. The minimum atomic E-state index is -3.60. The molecule has 1 aromatic heterocycles. The maximum Gasteiger partial charge on any atom is 0.244 e. The highest BCUT2D eigenvalue weighted by Gasteiger charge is 2.26. The number of rotatable bonds is 4. The van der Waals surface area contributed by atoms with Crippen LogP contribution in [0.3, 0.4) is 0 Å². The van der Waals surface area contributed by atoms with Gasteiger partial charge in [0.1, 0.15) is 4.90 Å². The maximum absolute atomic E-state index is 12.3. The first-order valence-electron chi connectivity index (χ1n) is 5.66. The monoisotopic (exact) mass is 306 g/mol. The van der Waals surface area contributed by atoms with E-state index in [1.807, 2.05) is 20.8 Å². The summed E-state index contributed by atoms with van der Waals surface area (Å²) in [7, 11) is -2.07. The average molecular weight is 307 g/mol. The second-order valence-electron chi connectivity index (χ2n) is 5.47. The third kappa shape index (κ3) is 4.04. The Kier molecular flexibility index (Phi) is 4.78. The molecular formula is C11H19ClN4O2S. The molecular weight excluding hydrogens is 288 g/mol. The lowest BCUT2D eigenvalue weighted by Gasteiger charge is -2.26. The Morgan fingerprint density at radius 1 is 1.47 bits per heavy atom. The summed E-state index contributed by atoms with van der Waals surface area (Å²) in [5.74, 6) is 5.43. The Morgan fingerprint density at radius 3 is 2.47 bits per heavy atom. The highest BCUT2D eigenvalue weighted by atomic mass is 35.5. The van der Waals surface area contributed by atoms with Gasteiger partial charge in [0.2, 0.25) is 10.0 Å². The molecule has 0 spiro atoms. The van der Waals surface area contributed by atoms with E-state index in [-0.39, 0.29) is 21.2 Å². The molecule has 0 atom stereocenters. The fraction of sp³-hybridized carbons (Fsp3) is 0.545. The second-order valence-corrected chi connectivity index (χ2v) is 7.92. The molecule has 1 aromatic rings. The van der Waals surface area contributed by atoms with E-state index in [1.54, 1.807) is 0 Å². The molecule has 0 aliphatic heterocycles. The Balaban J connectivity index is 3.10. The average Bonchev–Trinajstić information content (AvgIpc) is 2.26. The topological polar surface area (TPSA) is 88.3 Å². The van der Waals surface area contributed by atoms with Gasteiger partial charge in [-0.25, -0.2) is 23.5 Å². The third-order valence-corrected chi connectivity index (χ3v) is 4.41. The van der Waals surface area contributed by atoms with E-state index < -0.39 is 10.0 Å². The zero-order valence-corrected chi connectivity index (χ0v) is 13.0. The second kappa shape index (κ2) is 5.62. The van der Waals surface area contributed by atoms with Crippen molar-refractivity contribution in [2.45, 2.75) is 25.7 Å². The van der Waals surface area contributed by atoms with Crippen molar-refractivity contribution in [1.82, 2.24) is 9.29 Å². The van der Waals surface area contributed by atoms with E-state index in [9.17, 15) is 8.42 Å². The van der Waals surface area contributed by atoms with E-state index in [0.717, 1.165) is 0 Å². The Hall–Kier alpha value is -0.890. The first-order chi connectivity index (χ1) is 8.58. The minimum absolute atomic E-state index is 0.0447. The van der Waals surface area contributed by atoms with Crippen LogP contribution in [0.5, 0.6) is 0 Å². The zero-order valence-electron chi connectivity index (χ0n) is 11.4. The van der Waals surface area contributed by atoms with Crippen LogP contribution >= 0.6 is 11.6 Å². The van der Waals surface area contributed by atoms with Crippen molar-refractivity contribution in [3.8, 4) is 0 Å². The molecule has 19 heavy (non-hydrogen) atoms. The van der Waals surface area contributed by atoms with E-state index in [2.05, 4.69) is 10.4 Å². The van der Waals surface area contributed by atoms with Crippen LogP contribution in [0.25, 0.3) is 0 Å². The summed E-state index contributed by atoms with van der Waals surface area (Å²) in [5, 5.41) is 0.160. The van der Waals surface area contributed by atoms with Crippen molar-refractivity contribution in [2.24, 2.45) is 11.3 Å². The lowest BCUT2D eigenvalue weighted by Crippen LogP contribution is -2.34. The molecule has 6 nitrogen and oxygen atoms in total. The van der Waals surface area contributed by atoms with Crippen molar-refractivity contribution < 1.29 is 8.42 Å². The minimum Gasteiger partial charge on any atom is -0.307 e. The molecule has 0 saturated heterocycles. The van der Waals surface area contributed by atoms with Crippen molar-refractivity contribution in [2.75, 3.05) is 19.0 Å². The van der Waals surface area contributed by atoms with Crippen LogP contribution in [0, 0.1) is 5.41 Å². The van der Waals surface area contributed by atoms with Crippen LogP contribution < -0.4 is 11.3 Å². The predicted molar refractivity (Wildman–Crippen MR) is 76.3 cm³/mol. The van der Waals surface area contributed by atoms with Crippen molar-refractivity contribution >= 4 is 27.4 Å². The van der Waals surface area contributed by atoms with Gasteiger partial charge in [0.25, 0.3) is 0 Å². The van der Waals surface area contributed by atoms with Crippen LogP contribution in [-0.4, -0.2) is 31.3 Å². The number of anilines is 1. The molecule has 0 amide bonds. The van der Waals surface area contributed by atoms with Crippen molar-refractivity contribution in [3.63, 3.8) is 0 Å². The molecule has 0 bridgehead atoms. The van der Waals surface area contributed by atoms with Crippen LogP contribution in [0.4, 0.5) is 5.82 Å². The van der Waals surface area contributed by atoms with Crippen molar-refractivity contribution in [1.29, 1.82) is 0 Å². The first-order valence-corrected chi connectivity index (χ1v) is 7.48. The van der Waals surface area contributed by atoms with Gasteiger partial charge in [-0.3, -0.25) is 0 Å². The lowest BCUT2D eigenvalue weighted by atomic mass is 9.97. The molecule has 0 fully saturated rings. The predicted octanol–water partition coefficient (Wildman–Crippen LogP) is 1.69. The van der Waals surface area contributed by atoms with Crippen LogP contribution in [0.15, 0.2) is 17.2 Å². The molecule has 108 valence electrons. The first kappa shape index (κ1) is 16.2. The fourth-order valence-corrected chi connectivity index (χ4v) is 3.26. The lowest BCUT2D eigenvalue weighted by molar-refractivity contribution is 0.310. The molecule has 0 aromatic carbocycles. The Bertz CT molecular complexity index is 554. The van der Waals surface area contributed by atoms with Crippen LogP contribution in [-0.2, 0) is 10.0 Å². The molecule has 1 rings (SSSR count). The molecule has 0 aliphatic rings. The number of aromatic nitrogens is 1. The van der Waals surface area contributed by atoms with Crippen LogP contribution in [0.2, 0.25) is 5.02 Å². The van der Waals surface area contributed by atoms with Gasteiger partial charge in [0.05, 0.1) is 5.02 Å². The number of nitrogens with one attached hydrogen (secondary N) is 1.